The molecule has 0 spiro atoms. The van der Waals surface area contributed by atoms with Crippen LogP contribution in [-0.4, -0.2) is 16.0 Å². The van der Waals surface area contributed by atoms with Gasteiger partial charge in [0, 0.05) is 24.0 Å². The Kier molecular flexibility index (Phi) is 4.71. The van der Waals surface area contributed by atoms with Gasteiger partial charge in [-0.3, -0.25) is 4.79 Å². The maximum Gasteiger partial charge on any atom is 0.193 e. The molecule has 0 fully saturated rings. The van der Waals surface area contributed by atoms with Gasteiger partial charge in [-0.25, -0.2) is 0 Å². The number of allylic oxidation sites excluding steroid dienone is 4. The van der Waals surface area contributed by atoms with Crippen LogP contribution >= 0.6 is 0 Å². The Hall–Kier alpha value is -3.01. The van der Waals surface area contributed by atoms with E-state index in [2.05, 4.69) is 0 Å². The van der Waals surface area contributed by atoms with Crippen LogP contribution in [0.3, 0.4) is 0 Å². The van der Waals surface area contributed by atoms with Gasteiger partial charge in [0.2, 0.25) is 0 Å². The molecule has 0 bridgehead atoms. The second kappa shape index (κ2) is 7.19. The molecule has 4 rings (SSSR count). The van der Waals surface area contributed by atoms with Crippen LogP contribution in [0.15, 0.2) is 97.1 Å². The van der Waals surface area contributed by atoms with Gasteiger partial charge in [-0.15, -0.1) is 0 Å². The third kappa shape index (κ3) is 3.19. The molecule has 3 heteroatoms. The molecular formula is C25H22O3. The third-order valence-electron chi connectivity index (χ3n) is 5.37. The molecule has 0 aromatic heterocycles. The van der Waals surface area contributed by atoms with Crippen molar-refractivity contribution in [2.45, 2.75) is 24.0 Å². The van der Waals surface area contributed by atoms with Crippen molar-refractivity contribution >= 4 is 5.78 Å². The first-order chi connectivity index (χ1) is 13.5. The van der Waals surface area contributed by atoms with E-state index in [1.165, 1.54) is 0 Å². The first-order valence-corrected chi connectivity index (χ1v) is 9.41. The second-order valence-electron chi connectivity index (χ2n) is 7.25. The summed E-state index contributed by atoms with van der Waals surface area (Å²) in [6.07, 6.45) is 15.4. The topological polar surface area (TPSA) is 57.5 Å². The molecule has 140 valence electrons. The van der Waals surface area contributed by atoms with Crippen molar-refractivity contribution in [3.63, 3.8) is 0 Å². The summed E-state index contributed by atoms with van der Waals surface area (Å²) in [5.74, 6) is -0.209. The number of carbonyl (C=O) groups excluding carboxylic acids is 1. The number of benzene rings is 2. The van der Waals surface area contributed by atoms with Gasteiger partial charge in [0.05, 0.1) is 0 Å². The largest absolute Gasteiger partial charge is 0.381 e. The van der Waals surface area contributed by atoms with Gasteiger partial charge in [0.25, 0.3) is 0 Å². The summed E-state index contributed by atoms with van der Waals surface area (Å²) in [5.41, 5.74) is -0.420. The second-order valence-corrected chi connectivity index (χ2v) is 7.25. The quantitative estimate of drug-likeness (QED) is 0.788. The Morgan fingerprint density at radius 2 is 1.11 bits per heavy atom. The number of rotatable bonds is 4. The minimum Gasteiger partial charge on any atom is -0.381 e. The Morgan fingerprint density at radius 3 is 1.50 bits per heavy atom. The Bertz CT molecular complexity index is 946. The highest BCUT2D eigenvalue weighted by atomic mass is 16.3. The van der Waals surface area contributed by atoms with Crippen molar-refractivity contribution in [2.24, 2.45) is 0 Å². The Balaban J connectivity index is 1.81. The van der Waals surface area contributed by atoms with Gasteiger partial charge >= 0.3 is 0 Å². The van der Waals surface area contributed by atoms with Crippen LogP contribution in [-0.2, 0) is 11.2 Å². The fourth-order valence-electron chi connectivity index (χ4n) is 3.88. The minimum absolute atomic E-state index is 0.209. The van der Waals surface area contributed by atoms with Crippen molar-refractivity contribution in [3.8, 4) is 0 Å². The van der Waals surface area contributed by atoms with Crippen LogP contribution in [0.25, 0.3) is 0 Å². The molecule has 2 aromatic carbocycles. The molecule has 2 unspecified atom stereocenters. The van der Waals surface area contributed by atoms with E-state index in [9.17, 15) is 15.0 Å². The summed E-state index contributed by atoms with van der Waals surface area (Å²) in [6.45, 7) is 0. The number of ketones is 1. The summed E-state index contributed by atoms with van der Waals surface area (Å²) in [5, 5.41) is 22.3. The smallest absolute Gasteiger partial charge is 0.193 e. The van der Waals surface area contributed by atoms with E-state index < -0.39 is 11.2 Å². The molecule has 2 aliphatic carbocycles. The minimum atomic E-state index is -1.22. The summed E-state index contributed by atoms with van der Waals surface area (Å²) < 4.78 is 0. The molecule has 0 heterocycles. The number of carbonyl (C=O) groups is 1. The van der Waals surface area contributed by atoms with Crippen molar-refractivity contribution in [1.29, 1.82) is 0 Å². The molecule has 2 atom stereocenters. The van der Waals surface area contributed by atoms with Crippen molar-refractivity contribution in [1.82, 2.24) is 0 Å². The first kappa shape index (κ1) is 18.4. The van der Waals surface area contributed by atoms with E-state index in [1.54, 1.807) is 60.7 Å². The van der Waals surface area contributed by atoms with E-state index >= 15 is 0 Å². The highest BCUT2D eigenvalue weighted by Gasteiger charge is 2.34. The Morgan fingerprint density at radius 1 is 0.679 bits per heavy atom. The van der Waals surface area contributed by atoms with E-state index in [-0.39, 0.29) is 5.78 Å². The van der Waals surface area contributed by atoms with Gasteiger partial charge in [-0.2, -0.15) is 0 Å². The maximum absolute atomic E-state index is 13.6. The monoisotopic (exact) mass is 370 g/mol. The molecule has 0 aliphatic heterocycles. The summed E-state index contributed by atoms with van der Waals surface area (Å²) in [7, 11) is 0. The zero-order chi connectivity index (χ0) is 19.6. The van der Waals surface area contributed by atoms with Crippen LogP contribution in [0.2, 0.25) is 0 Å². The van der Waals surface area contributed by atoms with E-state index in [4.69, 9.17) is 0 Å². The fraction of sp³-hybridized carbons (Fsp3) is 0.160. The summed E-state index contributed by atoms with van der Waals surface area (Å²) in [6, 6.07) is 14.3. The first-order valence-electron chi connectivity index (χ1n) is 9.41. The lowest BCUT2D eigenvalue weighted by molar-refractivity contribution is 0.0844. The Labute approximate surface area is 164 Å². The van der Waals surface area contributed by atoms with Crippen molar-refractivity contribution < 1.29 is 15.0 Å². The zero-order valence-electron chi connectivity index (χ0n) is 15.5. The number of aliphatic hydroxyl groups is 2. The average molecular weight is 370 g/mol. The molecule has 2 N–H and O–H groups in total. The number of hydrogen-bond acceptors (Lipinski definition) is 3. The molecule has 2 aliphatic rings. The van der Waals surface area contributed by atoms with Crippen LogP contribution in [0.5, 0.6) is 0 Å². The van der Waals surface area contributed by atoms with Gasteiger partial charge in [0.1, 0.15) is 11.2 Å². The zero-order valence-corrected chi connectivity index (χ0v) is 15.5. The molecule has 0 saturated heterocycles. The molecule has 28 heavy (non-hydrogen) atoms. The molecular weight excluding hydrogens is 348 g/mol. The number of hydrogen-bond donors (Lipinski definition) is 2. The van der Waals surface area contributed by atoms with Crippen LogP contribution in [0, 0.1) is 0 Å². The highest BCUT2D eigenvalue weighted by molar-refractivity contribution is 6.11. The molecule has 3 nitrogen and oxygen atoms in total. The fourth-order valence-corrected chi connectivity index (χ4v) is 3.88. The van der Waals surface area contributed by atoms with Crippen LogP contribution in [0.1, 0.15) is 39.9 Å². The molecule has 2 aromatic rings. The molecule has 0 amide bonds. The maximum atomic E-state index is 13.6. The standard InChI is InChI=1S/C25H22O3/c26-23(19-11-3-5-13-21(19)24(27)15-7-1-8-16-24)20-12-4-6-14-22(20)25(28)17-9-2-10-18-25/h1-15,17,27-28H,16,18H2. The van der Waals surface area contributed by atoms with Gasteiger partial charge < -0.3 is 10.2 Å². The molecule has 0 radical (unpaired) electrons. The highest BCUT2D eigenvalue weighted by Crippen LogP contribution is 2.36. The SMILES string of the molecule is O=C(c1ccccc1C1(O)C=CC=CC1)c1ccccc1C1(O)C=CC=CC1. The predicted octanol–water partition coefficient (Wildman–Crippen LogP) is 4.33. The summed E-state index contributed by atoms with van der Waals surface area (Å²) in [4.78, 5) is 13.6. The van der Waals surface area contributed by atoms with Gasteiger partial charge in [-0.1, -0.05) is 85.0 Å². The van der Waals surface area contributed by atoms with Gasteiger partial charge in [-0.05, 0) is 23.3 Å². The average Bonchev–Trinajstić information content (AvgIpc) is 2.74. The van der Waals surface area contributed by atoms with Crippen LogP contribution in [0.4, 0.5) is 0 Å². The lowest BCUT2D eigenvalue weighted by Gasteiger charge is -2.29. The van der Waals surface area contributed by atoms with Gasteiger partial charge in [0.15, 0.2) is 5.78 Å². The van der Waals surface area contributed by atoms with Crippen molar-refractivity contribution in [2.75, 3.05) is 0 Å². The van der Waals surface area contributed by atoms with Crippen molar-refractivity contribution in [3.05, 3.63) is 119 Å². The van der Waals surface area contributed by atoms with Crippen LogP contribution < -0.4 is 0 Å². The van der Waals surface area contributed by atoms with E-state index in [0.717, 1.165) is 0 Å². The summed E-state index contributed by atoms with van der Waals surface area (Å²) >= 11 is 0. The normalized spacial score (nSPS) is 25.8. The lowest BCUT2D eigenvalue weighted by atomic mass is 9.79. The third-order valence-corrected chi connectivity index (χ3v) is 5.37. The molecule has 0 saturated carbocycles. The van der Waals surface area contributed by atoms with E-state index in [1.807, 2.05) is 36.4 Å². The lowest BCUT2D eigenvalue weighted by Crippen LogP contribution is -2.29. The van der Waals surface area contributed by atoms with E-state index in [0.29, 0.717) is 35.1 Å². The predicted molar refractivity (Wildman–Crippen MR) is 110 cm³/mol.